The lowest BCUT2D eigenvalue weighted by Crippen LogP contribution is -2.04. The number of rotatable bonds is 3. The number of aldehydes is 1. The summed E-state index contributed by atoms with van der Waals surface area (Å²) < 4.78 is 36.9. The van der Waals surface area contributed by atoms with Gasteiger partial charge in [0, 0.05) is 0 Å². The molecule has 0 radical (unpaired) electrons. The first kappa shape index (κ1) is 12.2. The van der Waals surface area contributed by atoms with Gasteiger partial charge in [0.25, 0.3) is 0 Å². The van der Waals surface area contributed by atoms with Gasteiger partial charge in [-0.05, 0) is 23.8 Å². The molecule has 1 rings (SSSR count). The number of halogens is 3. The standard InChI is InChI=1S/C11H7F3O2/c12-11(13,14)9-3-1-2-8(6-9)4-5-10(16)7-15/h1-7H/b5-4+. The molecule has 0 unspecified atom stereocenters. The van der Waals surface area contributed by atoms with Crippen molar-refractivity contribution in [2.75, 3.05) is 0 Å². The fourth-order valence-electron chi connectivity index (χ4n) is 1.04. The Kier molecular flexibility index (Phi) is 3.60. The predicted octanol–water partition coefficient (Wildman–Crippen LogP) is 2.49. The van der Waals surface area contributed by atoms with Gasteiger partial charge in [-0.15, -0.1) is 0 Å². The number of carbonyl (C=O) groups excluding carboxylic acids is 2. The minimum atomic E-state index is -4.42. The fraction of sp³-hybridized carbons (Fsp3) is 0.0909. The van der Waals surface area contributed by atoms with Gasteiger partial charge in [-0.3, -0.25) is 9.59 Å². The van der Waals surface area contributed by atoms with Crippen molar-refractivity contribution in [2.45, 2.75) is 6.18 Å². The number of carbonyl (C=O) groups is 2. The van der Waals surface area contributed by atoms with Crippen LogP contribution >= 0.6 is 0 Å². The van der Waals surface area contributed by atoms with Crippen molar-refractivity contribution < 1.29 is 22.8 Å². The molecule has 0 saturated carbocycles. The Morgan fingerprint density at radius 2 is 1.94 bits per heavy atom. The van der Waals surface area contributed by atoms with Crippen LogP contribution in [0.4, 0.5) is 13.2 Å². The molecule has 0 aliphatic heterocycles. The second-order valence-electron chi connectivity index (χ2n) is 2.98. The summed E-state index contributed by atoms with van der Waals surface area (Å²) in [6.07, 6.45) is -2.25. The van der Waals surface area contributed by atoms with Gasteiger partial charge in [0.15, 0.2) is 6.29 Å². The molecule has 84 valence electrons. The molecule has 1 aromatic carbocycles. The van der Waals surface area contributed by atoms with Crippen LogP contribution in [0, 0.1) is 0 Å². The second-order valence-corrected chi connectivity index (χ2v) is 2.98. The molecule has 0 fully saturated rings. The largest absolute Gasteiger partial charge is 0.416 e. The first-order valence-corrected chi connectivity index (χ1v) is 4.28. The number of benzene rings is 1. The molecule has 0 spiro atoms. The molecule has 0 aliphatic rings. The monoisotopic (exact) mass is 228 g/mol. The van der Waals surface area contributed by atoms with Crippen LogP contribution < -0.4 is 0 Å². The van der Waals surface area contributed by atoms with Crippen LogP contribution in [0.5, 0.6) is 0 Å². The van der Waals surface area contributed by atoms with E-state index in [1.165, 1.54) is 12.1 Å². The molecule has 1 aromatic rings. The number of ketones is 1. The highest BCUT2D eigenvalue weighted by Crippen LogP contribution is 2.29. The maximum atomic E-state index is 12.3. The second kappa shape index (κ2) is 4.74. The molecule has 0 N–H and O–H groups in total. The number of hydrogen-bond acceptors (Lipinski definition) is 2. The van der Waals surface area contributed by atoms with Crippen LogP contribution in [0.15, 0.2) is 30.3 Å². The Bertz CT molecular complexity index is 433. The Hall–Kier alpha value is -1.91. The van der Waals surface area contributed by atoms with E-state index in [0.29, 0.717) is 0 Å². The average Bonchev–Trinajstić information content (AvgIpc) is 2.25. The van der Waals surface area contributed by atoms with Crippen molar-refractivity contribution in [3.8, 4) is 0 Å². The SMILES string of the molecule is O=CC(=O)/C=C/c1cccc(C(F)(F)F)c1. The fourth-order valence-corrected chi connectivity index (χ4v) is 1.04. The molecule has 0 atom stereocenters. The van der Waals surface area contributed by atoms with E-state index in [0.717, 1.165) is 24.3 Å². The van der Waals surface area contributed by atoms with Crippen molar-refractivity contribution in [1.82, 2.24) is 0 Å². The van der Waals surface area contributed by atoms with Crippen LogP contribution in [-0.2, 0) is 15.8 Å². The summed E-state index contributed by atoms with van der Waals surface area (Å²) >= 11 is 0. The normalized spacial score (nSPS) is 11.7. The number of alkyl halides is 3. The van der Waals surface area contributed by atoms with E-state index >= 15 is 0 Å². The van der Waals surface area contributed by atoms with Crippen LogP contribution in [0.3, 0.4) is 0 Å². The summed E-state index contributed by atoms with van der Waals surface area (Å²) in [4.78, 5) is 20.6. The predicted molar refractivity (Wildman–Crippen MR) is 51.5 cm³/mol. The van der Waals surface area contributed by atoms with E-state index in [2.05, 4.69) is 0 Å². The van der Waals surface area contributed by atoms with Gasteiger partial charge >= 0.3 is 6.18 Å². The molecule has 0 heterocycles. The maximum Gasteiger partial charge on any atom is 0.416 e. The van der Waals surface area contributed by atoms with Crippen molar-refractivity contribution in [2.24, 2.45) is 0 Å². The average molecular weight is 228 g/mol. The summed E-state index contributed by atoms with van der Waals surface area (Å²) in [5.74, 6) is -0.794. The zero-order chi connectivity index (χ0) is 12.2. The zero-order valence-electron chi connectivity index (χ0n) is 7.99. The van der Waals surface area contributed by atoms with Crippen LogP contribution in [-0.4, -0.2) is 12.1 Å². The van der Waals surface area contributed by atoms with Gasteiger partial charge in [-0.25, -0.2) is 0 Å². The molecule has 0 aromatic heterocycles. The summed E-state index contributed by atoms with van der Waals surface area (Å²) in [6.45, 7) is 0. The number of hydrogen-bond donors (Lipinski definition) is 0. The van der Waals surface area contributed by atoms with E-state index in [4.69, 9.17) is 0 Å². The summed E-state index contributed by atoms with van der Waals surface area (Å²) in [7, 11) is 0. The van der Waals surface area contributed by atoms with Gasteiger partial charge in [0.05, 0.1) is 5.56 Å². The van der Waals surface area contributed by atoms with E-state index in [1.54, 1.807) is 0 Å². The minimum Gasteiger partial charge on any atom is -0.294 e. The van der Waals surface area contributed by atoms with Crippen LogP contribution in [0.2, 0.25) is 0 Å². The lowest BCUT2D eigenvalue weighted by atomic mass is 10.1. The Balaban J connectivity index is 2.96. The van der Waals surface area contributed by atoms with Gasteiger partial charge in [0.2, 0.25) is 5.78 Å². The van der Waals surface area contributed by atoms with Crippen molar-refractivity contribution in [3.05, 3.63) is 41.5 Å². The smallest absolute Gasteiger partial charge is 0.294 e. The van der Waals surface area contributed by atoms with Crippen molar-refractivity contribution in [3.63, 3.8) is 0 Å². The van der Waals surface area contributed by atoms with Crippen molar-refractivity contribution in [1.29, 1.82) is 0 Å². The maximum absolute atomic E-state index is 12.3. The van der Waals surface area contributed by atoms with Crippen LogP contribution in [0.25, 0.3) is 6.08 Å². The molecule has 0 bridgehead atoms. The highest BCUT2D eigenvalue weighted by Gasteiger charge is 2.30. The van der Waals surface area contributed by atoms with E-state index < -0.39 is 17.5 Å². The van der Waals surface area contributed by atoms with Gasteiger partial charge in [-0.2, -0.15) is 13.2 Å². The topological polar surface area (TPSA) is 34.1 Å². The third-order valence-electron chi connectivity index (χ3n) is 1.77. The highest BCUT2D eigenvalue weighted by molar-refractivity contribution is 6.31. The third-order valence-corrected chi connectivity index (χ3v) is 1.77. The Labute approximate surface area is 89.4 Å². The van der Waals surface area contributed by atoms with Gasteiger partial charge < -0.3 is 0 Å². The van der Waals surface area contributed by atoms with Crippen molar-refractivity contribution >= 4 is 18.1 Å². The first-order chi connectivity index (χ1) is 7.43. The number of allylic oxidation sites excluding steroid dienone is 1. The van der Waals surface area contributed by atoms with E-state index in [9.17, 15) is 22.8 Å². The minimum absolute atomic E-state index is 0.0874. The summed E-state index contributed by atoms with van der Waals surface area (Å²) in [6, 6.07) is 4.46. The zero-order valence-corrected chi connectivity index (χ0v) is 7.99. The molecule has 0 amide bonds. The van der Waals surface area contributed by atoms with Gasteiger partial charge in [-0.1, -0.05) is 18.2 Å². The molecule has 0 aliphatic carbocycles. The first-order valence-electron chi connectivity index (χ1n) is 4.28. The molecule has 16 heavy (non-hydrogen) atoms. The lowest BCUT2D eigenvalue weighted by molar-refractivity contribution is -0.137. The molecular formula is C11H7F3O2. The van der Waals surface area contributed by atoms with Gasteiger partial charge in [0.1, 0.15) is 0 Å². The quantitative estimate of drug-likeness (QED) is 0.452. The highest BCUT2D eigenvalue weighted by atomic mass is 19.4. The lowest BCUT2D eigenvalue weighted by Gasteiger charge is -2.06. The van der Waals surface area contributed by atoms with Crippen LogP contribution in [0.1, 0.15) is 11.1 Å². The third kappa shape index (κ3) is 3.34. The summed E-state index contributed by atoms with van der Waals surface area (Å²) in [5.41, 5.74) is -0.585. The molecule has 0 saturated heterocycles. The molecular weight excluding hydrogens is 221 g/mol. The van der Waals surface area contributed by atoms with E-state index in [1.807, 2.05) is 0 Å². The Morgan fingerprint density at radius 1 is 1.25 bits per heavy atom. The van der Waals surface area contributed by atoms with E-state index in [-0.39, 0.29) is 11.8 Å². The summed E-state index contributed by atoms with van der Waals surface area (Å²) in [5, 5.41) is 0. The Morgan fingerprint density at radius 3 is 2.50 bits per heavy atom. The molecule has 5 heteroatoms. The molecule has 2 nitrogen and oxygen atoms in total.